The minimum Gasteiger partial charge on any atom is -0.346 e. The zero-order valence-electron chi connectivity index (χ0n) is 10.4. The first-order valence-electron chi connectivity index (χ1n) is 5.88. The van der Waals surface area contributed by atoms with E-state index in [1.54, 1.807) is 0 Å². The smallest absolute Gasteiger partial charge is 0.251 e. The number of nitrogens with one attached hydrogen (secondary N) is 1. The molecular formula is C15H13F2NO. The fraction of sp³-hybridized carbons (Fsp3) is 0.133. The van der Waals surface area contributed by atoms with Crippen LogP contribution in [0, 0.1) is 11.6 Å². The van der Waals surface area contributed by atoms with Gasteiger partial charge in [-0.1, -0.05) is 30.3 Å². The largest absolute Gasteiger partial charge is 0.346 e. The quantitative estimate of drug-likeness (QED) is 0.900. The molecule has 2 aromatic carbocycles. The molecule has 0 bridgehead atoms. The van der Waals surface area contributed by atoms with Crippen LogP contribution in [-0.4, -0.2) is 5.91 Å². The first-order valence-corrected chi connectivity index (χ1v) is 5.88. The lowest BCUT2D eigenvalue weighted by molar-refractivity contribution is 0.0939. The Bertz CT molecular complexity index is 564. The highest BCUT2D eigenvalue weighted by Crippen LogP contribution is 2.13. The summed E-state index contributed by atoms with van der Waals surface area (Å²) >= 11 is 0. The molecule has 0 aliphatic rings. The third-order valence-corrected chi connectivity index (χ3v) is 2.77. The molecule has 0 saturated heterocycles. The molecule has 1 amide bonds. The summed E-state index contributed by atoms with van der Waals surface area (Å²) in [5, 5.41) is 2.69. The van der Waals surface area contributed by atoms with Gasteiger partial charge in [0.2, 0.25) is 0 Å². The van der Waals surface area contributed by atoms with Gasteiger partial charge in [0.1, 0.15) is 11.6 Å². The molecule has 2 rings (SSSR count). The summed E-state index contributed by atoms with van der Waals surface area (Å²) in [5.74, 6) is -2.04. The molecule has 0 unspecified atom stereocenters. The molecule has 0 saturated carbocycles. The van der Waals surface area contributed by atoms with E-state index in [1.165, 1.54) is 0 Å². The Morgan fingerprint density at radius 2 is 1.63 bits per heavy atom. The van der Waals surface area contributed by atoms with E-state index in [2.05, 4.69) is 5.32 Å². The molecule has 0 fully saturated rings. The van der Waals surface area contributed by atoms with E-state index in [0.29, 0.717) is 0 Å². The number of hydrogen-bond acceptors (Lipinski definition) is 1. The number of carbonyl (C=O) groups is 1. The molecule has 0 aromatic heterocycles. The first-order chi connectivity index (χ1) is 9.06. The fourth-order valence-electron chi connectivity index (χ4n) is 1.79. The molecule has 0 aliphatic carbocycles. The van der Waals surface area contributed by atoms with E-state index >= 15 is 0 Å². The number of carbonyl (C=O) groups excluding carboxylic acids is 1. The van der Waals surface area contributed by atoms with Gasteiger partial charge < -0.3 is 5.32 Å². The Kier molecular flexibility index (Phi) is 3.90. The summed E-state index contributed by atoms with van der Waals surface area (Å²) in [6.07, 6.45) is 0. The maximum atomic E-state index is 13.0. The second-order valence-corrected chi connectivity index (χ2v) is 4.26. The lowest BCUT2D eigenvalue weighted by Gasteiger charge is -2.14. The van der Waals surface area contributed by atoms with Crippen LogP contribution >= 0.6 is 0 Å². The van der Waals surface area contributed by atoms with Crippen LogP contribution < -0.4 is 5.32 Å². The van der Waals surface area contributed by atoms with Crippen molar-refractivity contribution in [1.29, 1.82) is 0 Å². The Hall–Kier alpha value is -2.23. The maximum absolute atomic E-state index is 13.0. The SMILES string of the molecule is C[C@H](NC(=O)c1cc(F)cc(F)c1)c1ccccc1. The van der Waals surface area contributed by atoms with Gasteiger partial charge in [-0.15, -0.1) is 0 Å². The highest BCUT2D eigenvalue weighted by molar-refractivity contribution is 5.94. The van der Waals surface area contributed by atoms with Gasteiger partial charge >= 0.3 is 0 Å². The molecule has 1 atom stereocenters. The summed E-state index contributed by atoms with van der Waals surface area (Å²) in [4.78, 5) is 11.9. The minimum atomic E-state index is -0.766. The van der Waals surface area contributed by atoms with Crippen LogP contribution in [0.1, 0.15) is 28.9 Å². The molecule has 19 heavy (non-hydrogen) atoms. The summed E-state index contributed by atoms with van der Waals surface area (Å²) in [7, 11) is 0. The molecule has 2 aromatic rings. The van der Waals surface area contributed by atoms with E-state index in [9.17, 15) is 13.6 Å². The summed E-state index contributed by atoms with van der Waals surface area (Å²) in [5.41, 5.74) is 0.896. The molecule has 1 N–H and O–H groups in total. The fourth-order valence-corrected chi connectivity index (χ4v) is 1.79. The lowest BCUT2D eigenvalue weighted by Crippen LogP contribution is -2.26. The predicted molar refractivity (Wildman–Crippen MR) is 68.7 cm³/mol. The van der Waals surface area contributed by atoms with Crippen LogP contribution in [-0.2, 0) is 0 Å². The summed E-state index contributed by atoms with van der Waals surface area (Å²) in [6.45, 7) is 1.81. The number of amides is 1. The molecule has 0 heterocycles. The second-order valence-electron chi connectivity index (χ2n) is 4.26. The number of rotatable bonds is 3. The Morgan fingerprint density at radius 1 is 1.05 bits per heavy atom. The van der Waals surface area contributed by atoms with Crippen molar-refractivity contribution < 1.29 is 13.6 Å². The van der Waals surface area contributed by atoms with E-state index in [0.717, 1.165) is 23.8 Å². The van der Waals surface area contributed by atoms with Gasteiger partial charge in [0.15, 0.2) is 0 Å². The maximum Gasteiger partial charge on any atom is 0.251 e. The Labute approximate surface area is 110 Å². The van der Waals surface area contributed by atoms with Crippen molar-refractivity contribution in [2.24, 2.45) is 0 Å². The monoisotopic (exact) mass is 261 g/mol. The average Bonchev–Trinajstić information content (AvgIpc) is 2.38. The topological polar surface area (TPSA) is 29.1 Å². The Balaban J connectivity index is 2.13. The Morgan fingerprint density at radius 3 is 2.21 bits per heavy atom. The van der Waals surface area contributed by atoms with Gasteiger partial charge in [-0.3, -0.25) is 4.79 Å². The zero-order valence-corrected chi connectivity index (χ0v) is 10.4. The molecule has 0 spiro atoms. The van der Waals surface area contributed by atoms with Crippen molar-refractivity contribution in [2.45, 2.75) is 13.0 Å². The van der Waals surface area contributed by atoms with Crippen molar-refractivity contribution in [3.8, 4) is 0 Å². The van der Waals surface area contributed by atoms with Crippen molar-refractivity contribution in [3.05, 3.63) is 71.3 Å². The molecule has 0 aliphatic heterocycles. The second kappa shape index (κ2) is 5.61. The third kappa shape index (κ3) is 3.37. The number of hydrogen-bond donors (Lipinski definition) is 1. The van der Waals surface area contributed by atoms with Gasteiger partial charge in [0, 0.05) is 11.6 Å². The van der Waals surface area contributed by atoms with Crippen LogP contribution in [0.5, 0.6) is 0 Å². The van der Waals surface area contributed by atoms with E-state index in [4.69, 9.17) is 0 Å². The summed E-state index contributed by atoms with van der Waals surface area (Å²) in [6, 6.07) is 11.9. The van der Waals surface area contributed by atoms with Crippen LogP contribution in [0.25, 0.3) is 0 Å². The van der Waals surface area contributed by atoms with Crippen LogP contribution in [0.4, 0.5) is 8.78 Å². The summed E-state index contributed by atoms with van der Waals surface area (Å²) < 4.78 is 26.1. The molecule has 2 nitrogen and oxygen atoms in total. The van der Waals surface area contributed by atoms with Gasteiger partial charge in [-0.05, 0) is 24.6 Å². The highest BCUT2D eigenvalue weighted by Gasteiger charge is 2.13. The molecule has 98 valence electrons. The first kappa shape index (κ1) is 13.2. The van der Waals surface area contributed by atoms with E-state index in [-0.39, 0.29) is 11.6 Å². The lowest BCUT2D eigenvalue weighted by atomic mass is 10.1. The molecular weight excluding hydrogens is 248 g/mol. The third-order valence-electron chi connectivity index (χ3n) is 2.77. The van der Waals surface area contributed by atoms with E-state index < -0.39 is 17.5 Å². The van der Waals surface area contributed by atoms with Gasteiger partial charge in [0.05, 0.1) is 6.04 Å². The van der Waals surface area contributed by atoms with Crippen LogP contribution in [0.3, 0.4) is 0 Å². The van der Waals surface area contributed by atoms with Crippen LogP contribution in [0.15, 0.2) is 48.5 Å². The normalized spacial score (nSPS) is 11.9. The minimum absolute atomic E-state index is 0.0275. The van der Waals surface area contributed by atoms with Crippen LogP contribution in [0.2, 0.25) is 0 Å². The van der Waals surface area contributed by atoms with Gasteiger partial charge in [0.25, 0.3) is 5.91 Å². The van der Waals surface area contributed by atoms with Crippen molar-refractivity contribution in [3.63, 3.8) is 0 Å². The number of benzene rings is 2. The molecule has 4 heteroatoms. The number of halogens is 2. The van der Waals surface area contributed by atoms with Crippen molar-refractivity contribution >= 4 is 5.91 Å². The van der Waals surface area contributed by atoms with Crippen molar-refractivity contribution in [2.75, 3.05) is 0 Å². The predicted octanol–water partition coefficient (Wildman–Crippen LogP) is 3.46. The van der Waals surface area contributed by atoms with Gasteiger partial charge in [-0.25, -0.2) is 8.78 Å². The standard InChI is InChI=1S/C15H13F2NO/c1-10(11-5-3-2-4-6-11)18-15(19)12-7-13(16)9-14(17)8-12/h2-10H,1H3,(H,18,19)/t10-/m0/s1. The van der Waals surface area contributed by atoms with Gasteiger partial charge in [-0.2, -0.15) is 0 Å². The van der Waals surface area contributed by atoms with E-state index in [1.807, 2.05) is 37.3 Å². The molecule has 0 radical (unpaired) electrons. The average molecular weight is 261 g/mol. The van der Waals surface area contributed by atoms with Crippen molar-refractivity contribution in [1.82, 2.24) is 5.32 Å². The zero-order chi connectivity index (χ0) is 13.8. The highest BCUT2D eigenvalue weighted by atomic mass is 19.1.